The van der Waals surface area contributed by atoms with Gasteiger partial charge in [0.15, 0.2) is 17.5 Å². The Morgan fingerprint density at radius 1 is 1.15 bits per heavy atom. The number of nitrogens with one attached hydrogen (secondary N) is 1. The first-order valence-corrected chi connectivity index (χ1v) is 11.6. The molecule has 1 unspecified atom stereocenters. The number of nitrogens with zero attached hydrogens (tertiary/aromatic N) is 3. The molecule has 0 aliphatic carbocycles. The van der Waals surface area contributed by atoms with Gasteiger partial charge in [-0.05, 0) is 37.5 Å². The highest BCUT2D eigenvalue weighted by atomic mass is 127. The first-order chi connectivity index (χ1) is 15.4. The van der Waals surface area contributed by atoms with Gasteiger partial charge in [-0.2, -0.15) is 0 Å². The van der Waals surface area contributed by atoms with E-state index in [0.29, 0.717) is 26.2 Å². The van der Waals surface area contributed by atoms with Crippen molar-refractivity contribution >= 4 is 35.8 Å². The number of carbonyl (C=O) groups is 1. The van der Waals surface area contributed by atoms with E-state index >= 15 is 0 Å². The number of hydrogen-bond donors (Lipinski definition) is 1. The number of methoxy groups -OCH3 is 2. The van der Waals surface area contributed by atoms with E-state index < -0.39 is 0 Å². The number of guanidine groups is 1. The summed E-state index contributed by atoms with van der Waals surface area (Å²) in [5.74, 6) is 2.48. The summed E-state index contributed by atoms with van der Waals surface area (Å²) in [7, 11) is 3.29. The summed E-state index contributed by atoms with van der Waals surface area (Å²) in [6, 6.07) is 6.03. The van der Waals surface area contributed by atoms with Crippen molar-refractivity contribution in [2.75, 3.05) is 60.1 Å². The molecule has 1 amide bonds. The maximum absolute atomic E-state index is 12.6. The number of hydrogen-bond acceptors (Lipinski definition) is 5. The monoisotopic (exact) mass is 574 g/mol. The van der Waals surface area contributed by atoms with Crippen molar-refractivity contribution in [3.63, 3.8) is 0 Å². The van der Waals surface area contributed by atoms with Gasteiger partial charge in [0.1, 0.15) is 6.10 Å². The largest absolute Gasteiger partial charge is 0.493 e. The second-order valence-electron chi connectivity index (χ2n) is 8.94. The van der Waals surface area contributed by atoms with Crippen LogP contribution in [0, 0.1) is 0 Å². The van der Waals surface area contributed by atoms with Crippen molar-refractivity contribution in [2.24, 2.45) is 4.99 Å². The van der Waals surface area contributed by atoms with Crippen LogP contribution in [0.3, 0.4) is 0 Å². The standard InChI is InChI=1S/C24H38N4O4.HI/c1-6-25-23(28-13-11-27(12-14-28)22(29)20-8-7-15-32-20)26-17-24(2,3)18-9-10-19(30-4)21(16-18)31-5;/h9-10,16,20H,6-8,11-15,17H2,1-5H3,(H,25,26);1H. The molecule has 1 aromatic carbocycles. The first-order valence-electron chi connectivity index (χ1n) is 11.6. The van der Waals surface area contributed by atoms with E-state index in [1.165, 1.54) is 0 Å². The molecule has 8 nitrogen and oxygen atoms in total. The number of benzene rings is 1. The highest BCUT2D eigenvalue weighted by Gasteiger charge is 2.31. The van der Waals surface area contributed by atoms with Crippen LogP contribution in [0.1, 0.15) is 39.2 Å². The average Bonchev–Trinajstić information content (AvgIpc) is 3.36. The van der Waals surface area contributed by atoms with Crippen LogP contribution in [-0.4, -0.2) is 87.9 Å². The molecule has 0 bridgehead atoms. The fraction of sp³-hybridized carbons (Fsp3) is 0.667. The molecule has 2 aliphatic heterocycles. The van der Waals surface area contributed by atoms with Gasteiger partial charge < -0.3 is 29.3 Å². The minimum Gasteiger partial charge on any atom is -0.493 e. The highest BCUT2D eigenvalue weighted by Crippen LogP contribution is 2.33. The number of aliphatic imine (C=N–C) groups is 1. The lowest BCUT2D eigenvalue weighted by atomic mass is 9.84. The second kappa shape index (κ2) is 12.6. The van der Waals surface area contributed by atoms with Gasteiger partial charge in [-0.1, -0.05) is 19.9 Å². The summed E-state index contributed by atoms with van der Waals surface area (Å²) < 4.78 is 16.4. The van der Waals surface area contributed by atoms with Gasteiger partial charge >= 0.3 is 0 Å². The minimum absolute atomic E-state index is 0. The maximum Gasteiger partial charge on any atom is 0.251 e. The number of carbonyl (C=O) groups excluding carboxylic acids is 1. The summed E-state index contributed by atoms with van der Waals surface area (Å²) in [4.78, 5) is 21.8. The van der Waals surface area contributed by atoms with Gasteiger partial charge in [0.25, 0.3) is 5.91 Å². The van der Waals surface area contributed by atoms with E-state index in [-0.39, 0.29) is 41.4 Å². The predicted octanol–water partition coefficient (Wildman–Crippen LogP) is 2.89. The topological polar surface area (TPSA) is 75.6 Å². The first kappa shape index (κ1) is 27.5. The van der Waals surface area contributed by atoms with Crippen molar-refractivity contribution in [2.45, 2.75) is 45.1 Å². The summed E-state index contributed by atoms with van der Waals surface area (Å²) in [5, 5.41) is 3.42. The molecular formula is C24H39IN4O4. The molecule has 2 aliphatic rings. The lowest BCUT2D eigenvalue weighted by molar-refractivity contribution is -0.142. The Morgan fingerprint density at radius 3 is 2.39 bits per heavy atom. The fourth-order valence-corrected chi connectivity index (χ4v) is 4.16. The molecule has 1 aromatic rings. The number of piperazine rings is 1. The lowest BCUT2D eigenvalue weighted by Crippen LogP contribution is -2.55. The van der Waals surface area contributed by atoms with Crippen LogP contribution in [0.15, 0.2) is 23.2 Å². The third-order valence-electron chi connectivity index (χ3n) is 6.22. The van der Waals surface area contributed by atoms with E-state index in [9.17, 15) is 4.79 Å². The molecule has 0 saturated carbocycles. The smallest absolute Gasteiger partial charge is 0.251 e. The van der Waals surface area contributed by atoms with Gasteiger partial charge in [0.05, 0.1) is 20.8 Å². The van der Waals surface area contributed by atoms with Crippen molar-refractivity contribution < 1.29 is 19.0 Å². The third kappa shape index (κ3) is 6.88. The number of ether oxygens (including phenoxy) is 3. The normalized spacial score (nSPS) is 19.2. The Hall–Kier alpha value is -1.75. The molecule has 1 N–H and O–H groups in total. The van der Waals surface area contributed by atoms with Gasteiger partial charge in [0.2, 0.25) is 0 Å². The van der Waals surface area contributed by atoms with Crippen LogP contribution in [-0.2, 0) is 14.9 Å². The average molecular weight is 575 g/mol. The van der Waals surface area contributed by atoms with Gasteiger partial charge in [0, 0.05) is 44.7 Å². The predicted molar refractivity (Wildman–Crippen MR) is 141 cm³/mol. The number of halogens is 1. The molecule has 9 heteroatoms. The Morgan fingerprint density at radius 2 is 1.82 bits per heavy atom. The Labute approximate surface area is 215 Å². The van der Waals surface area contributed by atoms with Crippen molar-refractivity contribution in [3.8, 4) is 11.5 Å². The highest BCUT2D eigenvalue weighted by molar-refractivity contribution is 14.0. The number of amides is 1. The van der Waals surface area contributed by atoms with Crippen molar-refractivity contribution in [1.82, 2.24) is 15.1 Å². The zero-order valence-electron chi connectivity index (χ0n) is 20.6. The van der Waals surface area contributed by atoms with Crippen LogP contribution in [0.5, 0.6) is 11.5 Å². The molecule has 186 valence electrons. The maximum atomic E-state index is 12.6. The van der Waals surface area contributed by atoms with Crippen molar-refractivity contribution in [3.05, 3.63) is 23.8 Å². The summed E-state index contributed by atoms with van der Waals surface area (Å²) >= 11 is 0. The molecule has 0 aromatic heterocycles. The summed E-state index contributed by atoms with van der Waals surface area (Å²) in [6.07, 6.45) is 1.57. The van der Waals surface area contributed by atoms with Crippen molar-refractivity contribution in [1.29, 1.82) is 0 Å². The molecular weight excluding hydrogens is 535 g/mol. The Kier molecular flexibility index (Phi) is 10.5. The molecule has 33 heavy (non-hydrogen) atoms. The molecule has 2 heterocycles. The number of rotatable bonds is 7. The lowest BCUT2D eigenvalue weighted by Gasteiger charge is -2.37. The zero-order valence-corrected chi connectivity index (χ0v) is 22.9. The minimum atomic E-state index is -0.245. The van der Waals surface area contributed by atoms with Gasteiger partial charge in [-0.3, -0.25) is 9.79 Å². The molecule has 3 rings (SSSR count). The van der Waals surface area contributed by atoms with E-state index in [1.54, 1.807) is 14.2 Å². The van der Waals surface area contributed by atoms with Crippen LogP contribution >= 0.6 is 24.0 Å². The van der Waals surface area contributed by atoms with Crippen LogP contribution in [0.25, 0.3) is 0 Å². The van der Waals surface area contributed by atoms with Crippen LogP contribution in [0.4, 0.5) is 0 Å². The van der Waals surface area contributed by atoms with E-state index in [1.807, 2.05) is 17.0 Å². The SMILES string of the molecule is CCNC(=NCC(C)(C)c1ccc(OC)c(OC)c1)N1CCN(C(=O)C2CCCO2)CC1.I. The summed E-state index contributed by atoms with van der Waals surface area (Å²) in [5.41, 5.74) is 0.958. The molecule has 0 radical (unpaired) electrons. The molecule has 2 saturated heterocycles. The third-order valence-corrected chi connectivity index (χ3v) is 6.22. The Balaban J connectivity index is 0.00000385. The fourth-order valence-electron chi connectivity index (χ4n) is 4.16. The molecule has 0 spiro atoms. The Bertz CT molecular complexity index is 804. The van der Waals surface area contributed by atoms with E-state index in [4.69, 9.17) is 19.2 Å². The summed E-state index contributed by atoms with van der Waals surface area (Å²) in [6.45, 7) is 11.5. The van der Waals surface area contributed by atoms with Crippen LogP contribution in [0.2, 0.25) is 0 Å². The molecule has 2 fully saturated rings. The van der Waals surface area contributed by atoms with E-state index in [0.717, 1.165) is 55.5 Å². The van der Waals surface area contributed by atoms with E-state index in [2.05, 4.69) is 37.1 Å². The van der Waals surface area contributed by atoms with Gasteiger partial charge in [-0.15, -0.1) is 24.0 Å². The van der Waals surface area contributed by atoms with Gasteiger partial charge in [-0.25, -0.2) is 0 Å². The second-order valence-corrected chi connectivity index (χ2v) is 8.94. The zero-order chi connectivity index (χ0) is 23.1. The van der Waals surface area contributed by atoms with Crippen LogP contribution < -0.4 is 14.8 Å². The quantitative estimate of drug-likeness (QED) is 0.307. The molecule has 1 atom stereocenters.